The molecular formula is C18H17FN4O. The van der Waals surface area contributed by atoms with Gasteiger partial charge in [0.05, 0.1) is 0 Å². The van der Waals surface area contributed by atoms with E-state index >= 15 is 0 Å². The fraction of sp³-hybridized carbons (Fsp3) is 0.222. The first-order valence-corrected chi connectivity index (χ1v) is 7.82. The summed E-state index contributed by atoms with van der Waals surface area (Å²) in [6.45, 7) is 2.59. The molecule has 0 atom stereocenters. The fourth-order valence-electron chi connectivity index (χ4n) is 3.06. The molecule has 1 aliphatic rings. The van der Waals surface area contributed by atoms with Gasteiger partial charge in [0.15, 0.2) is 0 Å². The van der Waals surface area contributed by atoms with E-state index in [9.17, 15) is 4.39 Å². The van der Waals surface area contributed by atoms with Crippen molar-refractivity contribution in [1.82, 2.24) is 15.1 Å². The zero-order valence-electron chi connectivity index (χ0n) is 13.3. The summed E-state index contributed by atoms with van der Waals surface area (Å²) in [5.74, 6) is 0.288. The van der Waals surface area contributed by atoms with E-state index in [1.165, 1.54) is 24.1 Å². The molecule has 2 heterocycles. The van der Waals surface area contributed by atoms with Gasteiger partial charge in [-0.3, -0.25) is 0 Å². The Bertz CT molecular complexity index is 833. The third-order valence-electron chi connectivity index (χ3n) is 4.26. The zero-order valence-corrected chi connectivity index (χ0v) is 13.3. The minimum absolute atomic E-state index is 0.224. The van der Waals surface area contributed by atoms with Crippen LogP contribution in [0.1, 0.15) is 5.56 Å². The van der Waals surface area contributed by atoms with E-state index in [1.54, 1.807) is 0 Å². The molecule has 3 aromatic rings. The maximum Gasteiger partial charge on any atom is 0.247 e. The number of anilines is 2. The zero-order chi connectivity index (χ0) is 16.5. The summed E-state index contributed by atoms with van der Waals surface area (Å²) in [5.41, 5.74) is 4.18. The van der Waals surface area contributed by atoms with Crippen LogP contribution in [0.4, 0.5) is 15.8 Å². The van der Waals surface area contributed by atoms with Gasteiger partial charge in [0, 0.05) is 36.6 Å². The molecule has 0 amide bonds. The molecule has 24 heavy (non-hydrogen) atoms. The van der Waals surface area contributed by atoms with Gasteiger partial charge in [0.1, 0.15) is 5.82 Å². The van der Waals surface area contributed by atoms with Crippen molar-refractivity contribution in [3.05, 3.63) is 60.2 Å². The second-order valence-corrected chi connectivity index (χ2v) is 5.95. The maximum atomic E-state index is 13.3. The SMILES string of the molecule is CN1CCN(c2ccc(F)cc2)c2ccc(-c3nnco3)cc2C1. The van der Waals surface area contributed by atoms with E-state index in [2.05, 4.69) is 39.2 Å². The normalized spacial score (nSPS) is 15.2. The van der Waals surface area contributed by atoms with Gasteiger partial charge in [0.2, 0.25) is 12.3 Å². The molecule has 0 saturated carbocycles. The molecular weight excluding hydrogens is 307 g/mol. The van der Waals surface area contributed by atoms with Gasteiger partial charge in [-0.1, -0.05) is 0 Å². The van der Waals surface area contributed by atoms with Crippen LogP contribution in [-0.2, 0) is 6.54 Å². The molecule has 6 heteroatoms. The number of hydrogen-bond donors (Lipinski definition) is 0. The van der Waals surface area contributed by atoms with Crippen molar-refractivity contribution in [1.29, 1.82) is 0 Å². The van der Waals surface area contributed by atoms with Crippen LogP contribution in [0.2, 0.25) is 0 Å². The predicted octanol–water partition coefficient (Wildman–Crippen LogP) is 3.46. The Morgan fingerprint density at radius 2 is 1.92 bits per heavy atom. The van der Waals surface area contributed by atoms with Crippen molar-refractivity contribution < 1.29 is 8.81 Å². The highest BCUT2D eigenvalue weighted by atomic mass is 19.1. The van der Waals surface area contributed by atoms with Crippen molar-refractivity contribution in [3.63, 3.8) is 0 Å². The van der Waals surface area contributed by atoms with E-state index in [-0.39, 0.29) is 5.82 Å². The molecule has 1 aliphatic heterocycles. The lowest BCUT2D eigenvalue weighted by Gasteiger charge is -2.25. The minimum atomic E-state index is -0.224. The standard InChI is InChI=1S/C18H17FN4O/c1-22-8-9-23(16-5-3-15(19)4-6-16)17-7-2-13(10-14(17)11-22)18-21-20-12-24-18/h2-7,10,12H,8-9,11H2,1H3. The highest BCUT2D eigenvalue weighted by Gasteiger charge is 2.20. The Labute approximate surface area is 139 Å². The molecule has 4 rings (SSSR count). The quantitative estimate of drug-likeness (QED) is 0.722. The first-order valence-electron chi connectivity index (χ1n) is 7.82. The lowest BCUT2D eigenvalue weighted by Crippen LogP contribution is -2.26. The van der Waals surface area contributed by atoms with Gasteiger partial charge in [-0.25, -0.2) is 4.39 Å². The van der Waals surface area contributed by atoms with Gasteiger partial charge >= 0.3 is 0 Å². The van der Waals surface area contributed by atoms with Crippen molar-refractivity contribution >= 4 is 11.4 Å². The van der Waals surface area contributed by atoms with Crippen molar-refractivity contribution in [3.8, 4) is 11.5 Å². The summed E-state index contributed by atoms with van der Waals surface area (Å²) in [7, 11) is 2.09. The second kappa shape index (κ2) is 6.05. The number of hydrogen-bond acceptors (Lipinski definition) is 5. The lowest BCUT2D eigenvalue weighted by molar-refractivity contribution is 0.343. The molecule has 0 radical (unpaired) electrons. The van der Waals surface area contributed by atoms with Crippen molar-refractivity contribution in [2.45, 2.75) is 6.54 Å². The van der Waals surface area contributed by atoms with Crippen molar-refractivity contribution in [2.24, 2.45) is 0 Å². The van der Waals surface area contributed by atoms with Crippen LogP contribution in [0.15, 0.2) is 53.3 Å². The molecule has 0 bridgehead atoms. The van der Waals surface area contributed by atoms with E-state index in [4.69, 9.17) is 4.42 Å². The summed E-state index contributed by atoms with van der Waals surface area (Å²) < 4.78 is 18.6. The number of benzene rings is 2. The van der Waals surface area contributed by atoms with Crippen LogP contribution < -0.4 is 4.90 Å². The van der Waals surface area contributed by atoms with Gasteiger partial charge in [-0.2, -0.15) is 0 Å². The van der Waals surface area contributed by atoms with Crippen LogP contribution in [0.3, 0.4) is 0 Å². The van der Waals surface area contributed by atoms with E-state index in [0.717, 1.165) is 36.6 Å². The van der Waals surface area contributed by atoms with Gasteiger partial charge in [0.25, 0.3) is 0 Å². The smallest absolute Gasteiger partial charge is 0.247 e. The van der Waals surface area contributed by atoms with Gasteiger partial charge in [-0.05, 0) is 55.1 Å². The number of rotatable bonds is 2. The highest BCUT2D eigenvalue weighted by molar-refractivity contribution is 5.70. The van der Waals surface area contributed by atoms with Crippen LogP contribution in [0, 0.1) is 5.82 Å². The summed E-state index contributed by atoms with van der Waals surface area (Å²) in [5, 5.41) is 7.72. The van der Waals surface area contributed by atoms with E-state index in [1.807, 2.05) is 18.2 Å². The molecule has 0 aliphatic carbocycles. The number of fused-ring (bicyclic) bond motifs is 1. The van der Waals surface area contributed by atoms with Crippen LogP contribution in [0.5, 0.6) is 0 Å². The molecule has 0 saturated heterocycles. The second-order valence-electron chi connectivity index (χ2n) is 5.95. The maximum absolute atomic E-state index is 13.3. The minimum Gasteiger partial charge on any atom is -0.423 e. The predicted molar refractivity (Wildman–Crippen MR) is 89.5 cm³/mol. The molecule has 0 unspecified atom stereocenters. The third-order valence-corrected chi connectivity index (χ3v) is 4.26. The van der Waals surface area contributed by atoms with E-state index in [0.29, 0.717) is 5.89 Å². The Morgan fingerprint density at radius 3 is 2.67 bits per heavy atom. The van der Waals surface area contributed by atoms with Crippen LogP contribution >= 0.6 is 0 Å². The van der Waals surface area contributed by atoms with Crippen LogP contribution in [0.25, 0.3) is 11.5 Å². The topological polar surface area (TPSA) is 45.4 Å². The first-order chi connectivity index (χ1) is 11.7. The summed E-state index contributed by atoms with van der Waals surface area (Å²) in [6, 6.07) is 12.8. The summed E-state index contributed by atoms with van der Waals surface area (Å²) in [4.78, 5) is 4.48. The Hall–Kier alpha value is -2.73. The molecule has 0 fully saturated rings. The molecule has 5 nitrogen and oxygen atoms in total. The monoisotopic (exact) mass is 324 g/mol. The summed E-state index contributed by atoms with van der Waals surface area (Å²) in [6.07, 6.45) is 1.33. The molecule has 0 N–H and O–H groups in total. The Balaban J connectivity index is 1.78. The number of likely N-dealkylation sites (N-methyl/N-ethyl adjacent to an activating group) is 1. The van der Waals surface area contributed by atoms with Crippen molar-refractivity contribution in [2.75, 3.05) is 25.0 Å². The number of nitrogens with zero attached hydrogens (tertiary/aromatic N) is 4. The molecule has 2 aromatic carbocycles. The first kappa shape index (κ1) is 14.8. The highest BCUT2D eigenvalue weighted by Crippen LogP contribution is 2.34. The van der Waals surface area contributed by atoms with Gasteiger partial charge in [-0.15, -0.1) is 10.2 Å². The summed E-state index contributed by atoms with van der Waals surface area (Å²) >= 11 is 0. The molecule has 1 aromatic heterocycles. The molecule has 0 spiro atoms. The number of halogens is 1. The lowest BCUT2D eigenvalue weighted by atomic mass is 10.1. The fourth-order valence-corrected chi connectivity index (χ4v) is 3.06. The van der Waals surface area contributed by atoms with E-state index < -0.39 is 0 Å². The Kier molecular flexibility index (Phi) is 3.74. The van der Waals surface area contributed by atoms with Gasteiger partial charge < -0.3 is 14.2 Å². The van der Waals surface area contributed by atoms with Crippen LogP contribution in [-0.4, -0.2) is 35.2 Å². The average molecular weight is 324 g/mol. The largest absolute Gasteiger partial charge is 0.423 e. The third kappa shape index (κ3) is 2.76. The Morgan fingerprint density at radius 1 is 1.08 bits per heavy atom. The average Bonchev–Trinajstić information content (AvgIpc) is 3.06. The molecule has 122 valence electrons. The number of aromatic nitrogens is 2.